The van der Waals surface area contributed by atoms with Crippen molar-refractivity contribution in [3.8, 4) is 5.75 Å². The van der Waals surface area contributed by atoms with Crippen molar-refractivity contribution in [1.29, 1.82) is 0 Å². The maximum atomic E-state index is 11.6. The zero-order valence-electron chi connectivity index (χ0n) is 13.0. The number of hydrogen-bond acceptors (Lipinski definition) is 2. The molecule has 0 unspecified atom stereocenters. The smallest absolute Gasteiger partial charge is 0.218 e. The van der Waals surface area contributed by atoms with Crippen LogP contribution in [-0.4, -0.2) is 18.0 Å². The Morgan fingerprint density at radius 2 is 2.00 bits per heavy atom. The number of carbonyl (C=O) groups excluding carboxylic acids is 1. The number of hydrogen-bond donors (Lipinski definition) is 2. The van der Waals surface area contributed by atoms with Crippen LogP contribution in [0.2, 0.25) is 10.0 Å². The molecule has 1 heterocycles. The van der Waals surface area contributed by atoms with E-state index in [1.54, 1.807) is 19.2 Å². The summed E-state index contributed by atoms with van der Waals surface area (Å²) >= 11 is 12.2. The second kappa shape index (κ2) is 6.75. The molecule has 6 heteroatoms. The highest BCUT2D eigenvalue weighted by Crippen LogP contribution is 2.36. The van der Waals surface area contributed by atoms with Gasteiger partial charge in [0.25, 0.3) is 0 Å². The molecule has 3 rings (SSSR count). The van der Waals surface area contributed by atoms with Crippen molar-refractivity contribution >= 4 is 40.0 Å². The number of halogens is 2. The Bertz CT molecular complexity index is 905. The van der Waals surface area contributed by atoms with Gasteiger partial charge in [-0.25, -0.2) is 0 Å². The molecule has 0 radical (unpaired) electrons. The molecular formula is C18H16Cl2N2O2. The van der Waals surface area contributed by atoms with Crippen molar-refractivity contribution in [2.75, 3.05) is 7.11 Å². The number of aromatic nitrogens is 1. The summed E-state index contributed by atoms with van der Waals surface area (Å²) in [5, 5.41) is 1.89. The molecule has 3 N–H and O–H groups in total. The summed E-state index contributed by atoms with van der Waals surface area (Å²) in [6.45, 7) is 0. The first-order valence-corrected chi connectivity index (χ1v) is 8.13. The van der Waals surface area contributed by atoms with Crippen LogP contribution in [-0.2, 0) is 4.79 Å². The third-order valence-corrected chi connectivity index (χ3v) is 4.79. The molecular weight excluding hydrogens is 347 g/mol. The summed E-state index contributed by atoms with van der Waals surface area (Å²) in [5.74, 6) is 0.136. The van der Waals surface area contributed by atoms with E-state index >= 15 is 0 Å². The summed E-state index contributed by atoms with van der Waals surface area (Å²) in [5.41, 5.74) is 8.27. The Hall–Kier alpha value is -2.17. The fourth-order valence-electron chi connectivity index (χ4n) is 2.87. The summed E-state index contributed by atoms with van der Waals surface area (Å²) in [6.07, 6.45) is 2.06. The van der Waals surface area contributed by atoms with Crippen molar-refractivity contribution in [2.24, 2.45) is 5.73 Å². The fraction of sp³-hybridized carbons (Fsp3) is 0.167. The lowest BCUT2D eigenvalue weighted by molar-refractivity contribution is -0.118. The van der Waals surface area contributed by atoms with E-state index in [-0.39, 0.29) is 18.2 Å². The Morgan fingerprint density at radius 1 is 1.21 bits per heavy atom. The van der Waals surface area contributed by atoms with Gasteiger partial charge in [0.15, 0.2) is 0 Å². The van der Waals surface area contributed by atoms with Gasteiger partial charge < -0.3 is 15.5 Å². The fourth-order valence-corrected chi connectivity index (χ4v) is 3.18. The number of methoxy groups -OCH3 is 1. The predicted molar refractivity (Wildman–Crippen MR) is 97.0 cm³/mol. The number of rotatable bonds is 5. The minimum absolute atomic E-state index is 0.169. The molecule has 0 aliphatic rings. The monoisotopic (exact) mass is 362 g/mol. The SMILES string of the molecule is COc1ccc2[nH]cc([C@@H](CC(N)=O)c3ccc(Cl)c(Cl)c3)c2c1. The number of H-pyrrole nitrogens is 1. The first-order chi connectivity index (χ1) is 11.5. The first kappa shape index (κ1) is 16.7. The zero-order chi connectivity index (χ0) is 17.3. The van der Waals surface area contributed by atoms with Crippen molar-refractivity contribution in [3.63, 3.8) is 0 Å². The molecule has 3 aromatic rings. The molecule has 0 saturated heterocycles. The Balaban J connectivity index is 2.15. The normalized spacial score (nSPS) is 12.3. The van der Waals surface area contributed by atoms with Crippen LogP contribution in [0, 0.1) is 0 Å². The number of nitrogens with one attached hydrogen (secondary N) is 1. The zero-order valence-corrected chi connectivity index (χ0v) is 14.5. The third-order valence-electron chi connectivity index (χ3n) is 4.05. The molecule has 24 heavy (non-hydrogen) atoms. The molecule has 0 aliphatic heterocycles. The number of benzene rings is 2. The van der Waals surface area contributed by atoms with Crippen LogP contribution in [0.5, 0.6) is 5.75 Å². The summed E-state index contributed by atoms with van der Waals surface area (Å²) in [6, 6.07) is 11.1. The number of fused-ring (bicyclic) bond motifs is 1. The van der Waals surface area contributed by atoms with E-state index in [1.807, 2.05) is 30.5 Å². The molecule has 0 bridgehead atoms. The Morgan fingerprint density at radius 3 is 2.67 bits per heavy atom. The van der Waals surface area contributed by atoms with Gasteiger partial charge in [0, 0.05) is 29.4 Å². The molecule has 1 amide bonds. The van der Waals surface area contributed by atoms with Gasteiger partial charge in [0.1, 0.15) is 5.75 Å². The first-order valence-electron chi connectivity index (χ1n) is 7.38. The van der Waals surface area contributed by atoms with Crippen LogP contribution >= 0.6 is 23.2 Å². The van der Waals surface area contributed by atoms with Gasteiger partial charge in [0.05, 0.1) is 17.2 Å². The van der Waals surface area contributed by atoms with Gasteiger partial charge in [0.2, 0.25) is 5.91 Å². The second-order valence-corrected chi connectivity index (χ2v) is 6.37. The average Bonchev–Trinajstić information content (AvgIpc) is 2.98. The van der Waals surface area contributed by atoms with Crippen LogP contribution < -0.4 is 10.5 Å². The highest BCUT2D eigenvalue weighted by atomic mass is 35.5. The lowest BCUT2D eigenvalue weighted by Crippen LogP contribution is -2.16. The van der Waals surface area contributed by atoms with Gasteiger partial charge in [-0.15, -0.1) is 0 Å². The number of amides is 1. The van der Waals surface area contributed by atoms with Crippen molar-refractivity contribution in [1.82, 2.24) is 4.98 Å². The minimum atomic E-state index is -0.386. The minimum Gasteiger partial charge on any atom is -0.497 e. The van der Waals surface area contributed by atoms with Crippen molar-refractivity contribution in [2.45, 2.75) is 12.3 Å². The van der Waals surface area contributed by atoms with Crippen LogP contribution in [0.3, 0.4) is 0 Å². The van der Waals surface area contributed by atoms with E-state index in [0.717, 1.165) is 27.8 Å². The molecule has 124 valence electrons. The van der Waals surface area contributed by atoms with Crippen LogP contribution in [0.15, 0.2) is 42.6 Å². The largest absolute Gasteiger partial charge is 0.497 e. The average molecular weight is 363 g/mol. The quantitative estimate of drug-likeness (QED) is 0.701. The molecule has 1 aromatic heterocycles. The van der Waals surface area contributed by atoms with E-state index in [9.17, 15) is 4.79 Å². The van der Waals surface area contributed by atoms with Crippen LogP contribution in [0.4, 0.5) is 0 Å². The number of aromatic amines is 1. The molecule has 2 aromatic carbocycles. The maximum Gasteiger partial charge on any atom is 0.218 e. The van der Waals surface area contributed by atoms with Gasteiger partial charge in [-0.05, 0) is 41.5 Å². The lowest BCUT2D eigenvalue weighted by Gasteiger charge is -2.16. The second-order valence-electron chi connectivity index (χ2n) is 5.55. The highest BCUT2D eigenvalue weighted by Gasteiger charge is 2.21. The topological polar surface area (TPSA) is 68.1 Å². The van der Waals surface area contributed by atoms with Crippen LogP contribution in [0.1, 0.15) is 23.5 Å². The van der Waals surface area contributed by atoms with Crippen molar-refractivity contribution in [3.05, 3.63) is 63.8 Å². The number of nitrogens with two attached hydrogens (primary N) is 1. The van der Waals surface area contributed by atoms with Gasteiger partial charge >= 0.3 is 0 Å². The predicted octanol–water partition coefficient (Wildman–Crippen LogP) is 4.49. The molecule has 0 spiro atoms. The standard InChI is InChI=1S/C18H16Cl2N2O2/c1-24-11-3-5-17-13(7-11)14(9-22-17)12(8-18(21)23)10-2-4-15(19)16(20)6-10/h2-7,9,12,22H,8H2,1H3,(H2,21,23)/t12-/m0/s1. The summed E-state index contributed by atoms with van der Waals surface area (Å²) in [4.78, 5) is 14.8. The lowest BCUT2D eigenvalue weighted by atomic mass is 9.88. The van der Waals surface area contributed by atoms with E-state index in [2.05, 4.69) is 4.98 Å². The summed E-state index contributed by atoms with van der Waals surface area (Å²) < 4.78 is 5.30. The number of carbonyl (C=O) groups is 1. The highest BCUT2D eigenvalue weighted by molar-refractivity contribution is 6.42. The van der Waals surface area contributed by atoms with E-state index < -0.39 is 0 Å². The van der Waals surface area contributed by atoms with E-state index in [4.69, 9.17) is 33.7 Å². The summed E-state index contributed by atoms with van der Waals surface area (Å²) in [7, 11) is 1.62. The van der Waals surface area contributed by atoms with E-state index in [0.29, 0.717) is 10.0 Å². The van der Waals surface area contributed by atoms with Crippen LogP contribution in [0.25, 0.3) is 10.9 Å². The molecule has 0 aliphatic carbocycles. The number of ether oxygens (including phenoxy) is 1. The maximum absolute atomic E-state index is 11.6. The van der Waals surface area contributed by atoms with Gasteiger partial charge in [-0.3, -0.25) is 4.79 Å². The van der Waals surface area contributed by atoms with Gasteiger partial charge in [-0.2, -0.15) is 0 Å². The Labute approximate surface area is 149 Å². The molecule has 4 nitrogen and oxygen atoms in total. The van der Waals surface area contributed by atoms with Crippen molar-refractivity contribution < 1.29 is 9.53 Å². The Kier molecular flexibility index (Phi) is 4.69. The molecule has 1 atom stereocenters. The third kappa shape index (κ3) is 3.21. The van der Waals surface area contributed by atoms with E-state index in [1.165, 1.54) is 0 Å². The molecule has 0 fully saturated rings. The molecule has 0 saturated carbocycles. The number of primary amides is 1. The van der Waals surface area contributed by atoms with Gasteiger partial charge in [-0.1, -0.05) is 29.3 Å².